The Morgan fingerprint density at radius 1 is 0.893 bits per heavy atom. The highest BCUT2D eigenvalue weighted by atomic mass is 19.1. The molecule has 1 aliphatic heterocycles. The molecule has 0 aromatic heterocycles. The summed E-state index contributed by atoms with van der Waals surface area (Å²) in [6.45, 7) is 6.89. The van der Waals surface area contributed by atoms with Crippen molar-refractivity contribution in [1.29, 1.82) is 0 Å². The van der Waals surface area contributed by atoms with Gasteiger partial charge in [-0.3, -0.25) is 9.69 Å². The lowest BCUT2D eigenvalue weighted by Crippen LogP contribution is -2.51. The van der Waals surface area contributed by atoms with Gasteiger partial charge >= 0.3 is 0 Å². The van der Waals surface area contributed by atoms with Crippen LogP contribution in [0.25, 0.3) is 0 Å². The SMILES string of the molecule is CCC[C@H](C)C(=O)N1CCN(C(c2ccc(F)cc2)c2ccc(F)cc2)CC1. The molecule has 0 radical (unpaired) electrons. The van der Waals surface area contributed by atoms with Crippen LogP contribution in [0.15, 0.2) is 48.5 Å². The second-order valence-corrected chi connectivity index (χ2v) is 7.56. The van der Waals surface area contributed by atoms with Crippen molar-refractivity contribution >= 4 is 5.91 Å². The average Bonchev–Trinajstić information content (AvgIpc) is 2.71. The maximum Gasteiger partial charge on any atom is 0.225 e. The first-order chi connectivity index (χ1) is 13.5. The topological polar surface area (TPSA) is 23.6 Å². The summed E-state index contributed by atoms with van der Waals surface area (Å²) < 4.78 is 26.8. The van der Waals surface area contributed by atoms with Crippen molar-refractivity contribution in [2.24, 2.45) is 5.92 Å². The molecule has 0 unspecified atom stereocenters. The average molecular weight is 386 g/mol. The quantitative estimate of drug-likeness (QED) is 0.722. The Morgan fingerprint density at radius 2 is 1.36 bits per heavy atom. The smallest absolute Gasteiger partial charge is 0.225 e. The second-order valence-electron chi connectivity index (χ2n) is 7.56. The molecule has 0 aliphatic carbocycles. The molecule has 1 heterocycles. The summed E-state index contributed by atoms with van der Waals surface area (Å²) in [4.78, 5) is 16.8. The summed E-state index contributed by atoms with van der Waals surface area (Å²) >= 11 is 0. The molecule has 3 nitrogen and oxygen atoms in total. The molecule has 3 rings (SSSR count). The minimum absolute atomic E-state index is 0.0570. The van der Waals surface area contributed by atoms with Crippen molar-refractivity contribution in [3.63, 3.8) is 0 Å². The lowest BCUT2D eigenvalue weighted by molar-refractivity contribution is -0.137. The molecule has 2 aromatic carbocycles. The number of nitrogens with zero attached hydrogens (tertiary/aromatic N) is 2. The van der Waals surface area contributed by atoms with Crippen molar-refractivity contribution in [3.8, 4) is 0 Å². The van der Waals surface area contributed by atoms with Crippen LogP contribution >= 0.6 is 0 Å². The van der Waals surface area contributed by atoms with Gasteiger partial charge in [0.1, 0.15) is 11.6 Å². The molecule has 0 N–H and O–H groups in total. The first-order valence-corrected chi connectivity index (χ1v) is 10.0. The Morgan fingerprint density at radius 3 is 1.79 bits per heavy atom. The standard InChI is InChI=1S/C23H28F2N2O/c1-3-4-17(2)23(28)27-15-13-26(14-16-27)22(18-5-9-20(24)10-6-18)19-7-11-21(25)12-8-19/h5-12,17,22H,3-4,13-16H2,1-2H3/t17-/m0/s1. The van der Waals surface area contributed by atoms with Crippen molar-refractivity contribution < 1.29 is 13.6 Å². The van der Waals surface area contributed by atoms with E-state index in [9.17, 15) is 13.6 Å². The number of carbonyl (C=O) groups excluding carboxylic acids is 1. The Labute approximate surface area is 166 Å². The van der Waals surface area contributed by atoms with Crippen molar-refractivity contribution in [3.05, 3.63) is 71.3 Å². The highest BCUT2D eigenvalue weighted by Crippen LogP contribution is 2.30. The largest absolute Gasteiger partial charge is 0.340 e. The van der Waals surface area contributed by atoms with Gasteiger partial charge in [-0.1, -0.05) is 44.5 Å². The maximum atomic E-state index is 13.4. The third kappa shape index (κ3) is 4.76. The molecule has 150 valence electrons. The predicted octanol–water partition coefficient (Wildman–Crippen LogP) is 4.63. The van der Waals surface area contributed by atoms with Gasteiger partial charge in [0.15, 0.2) is 0 Å². The van der Waals surface area contributed by atoms with Gasteiger partial charge < -0.3 is 4.90 Å². The fourth-order valence-corrected chi connectivity index (χ4v) is 3.97. The fourth-order valence-electron chi connectivity index (χ4n) is 3.97. The number of hydrogen-bond acceptors (Lipinski definition) is 2. The van der Waals surface area contributed by atoms with E-state index in [0.29, 0.717) is 13.1 Å². The highest BCUT2D eigenvalue weighted by molar-refractivity contribution is 5.78. The van der Waals surface area contributed by atoms with Crippen molar-refractivity contribution in [2.75, 3.05) is 26.2 Å². The van der Waals surface area contributed by atoms with E-state index in [-0.39, 0.29) is 29.5 Å². The van der Waals surface area contributed by atoms with Gasteiger partial charge in [-0.25, -0.2) is 8.78 Å². The lowest BCUT2D eigenvalue weighted by Gasteiger charge is -2.40. The monoisotopic (exact) mass is 386 g/mol. The summed E-state index contributed by atoms with van der Waals surface area (Å²) in [6, 6.07) is 12.9. The van der Waals surface area contributed by atoms with Crippen LogP contribution in [-0.4, -0.2) is 41.9 Å². The van der Waals surface area contributed by atoms with Gasteiger partial charge in [0.25, 0.3) is 0 Å². The zero-order valence-electron chi connectivity index (χ0n) is 16.6. The summed E-state index contributed by atoms with van der Waals surface area (Å²) in [5.41, 5.74) is 1.93. The molecule has 2 aromatic rings. The third-order valence-electron chi connectivity index (χ3n) is 5.51. The molecule has 28 heavy (non-hydrogen) atoms. The molecule has 1 fully saturated rings. The van der Waals surface area contributed by atoms with Gasteiger partial charge in [-0.2, -0.15) is 0 Å². The van der Waals surface area contributed by atoms with E-state index in [1.54, 1.807) is 24.3 Å². The number of halogens is 2. The van der Waals surface area contributed by atoms with E-state index >= 15 is 0 Å². The van der Waals surface area contributed by atoms with Crippen LogP contribution < -0.4 is 0 Å². The Bertz CT molecular complexity index is 723. The molecule has 1 atom stereocenters. The van der Waals surface area contributed by atoms with Crippen LogP contribution in [-0.2, 0) is 4.79 Å². The third-order valence-corrected chi connectivity index (χ3v) is 5.51. The Hall–Kier alpha value is -2.27. The van der Waals surface area contributed by atoms with Crippen LogP contribution in [0, 0.1) is 17.6 Å². The van der Waals surface area contributed by atoms with E-state index in [1.165, 1.54) is 24.3 Å². The van der Waals surface area contributed by atoms with Crippen molar-refractivity contribution in [1.82, 2.24) is 9.80 Å². The summed E-state index contributed by atoms with van der Waals surface area (Å²) in [7, 11) is 0. The number of piperazine rings is 1. The molecular formula is C23H28F2N2O. The highest BCUT2D eigenvalue weighted by Gasteiger charge is 2.29. The van der Waals surface area contributed by atoms with Crippen LogP contribution in [0.4, 0.5) is 8.78 Å². The van der Waals surface area contributed by atoms with Crippen molar-refractivity contribution in [2.45, 2.75) is 32.7 Å². The zero-order chi connectivity index (χ0) is 20.1. The molecule has 1 saturated heterocycles. The molecule has 0 bridgehead atoms. The molecule has 1 aliphatic rings. The molecule has 0 spiro atoms. The number of rotatable bonds is 6. The minimum atomic E-state index is -0.276. The van der Waals surface area contributed by atoms with Gasteiger partial charge in [-0.05, 0) is 41.8 Å². The van der Waals surface area contributed by atoms with Gasteiger partial charge in [0.05, 0.1) is 6.04 Å². The number of hydrogen-bond donors (Lipinski definition) is 0. The molecular weight excluding hydrogens is 358 g/mol. The lowest BCUT2D eigenvalue weighted by atomic mass is 9.96. The van der Waals surface area contributed by atoms with Gasteiger partial charge in [0.2, 0.25) is 5.91 Å². The maximum absolute atomic E-state index is 13.4. The minimum Gasteiger partial charge on any atom is -0.340 e. The predicted molar refractivity (Wildman–Crippen MR) is 107 cm³/mol. The van der Waals surface area contributed by atoms with E-state index in [1.807, 2.05) is 11.8 Å². The first-order valence-electron chi connectivity index (χ1n) is 10.0. The van der Waals surface area contributed by atoms with E-state index < -0.39 is 0 Å². The number of amides is 1. The van der Waals surface area contributed by atoms with E-state index in [0.717, 1.165) is 37.1 Å². The van der Waals surface area contributed by atoms with Crippen LogP contribution in [0.3, 0.4) is 0 Å². The summed E-state index contributed by atoms with van der Waals surface area (Å²) in [6.07, 6.45) is 1.91. The van der Waals surface area contributed by atoms with Crippen LogP contribution in [0.2, 0.25) is 0 Å². The Balaban J connectivity index is 1.77. The normalized spacial score (nSPS) is 16.4. The summed E-state index contributed by atoms with van der Waals surface area (Å²) in [5, 5.41) is 0. The second kappa shape index (κ2) is 9.28. The summed E-state index contributed by atoms with van der Waals surface area (Å²) in [5.74, 6) is -0.271. The van der Waals surface area contributed by atoms with Crippen LogP contribution in [0.5, 0.6) is 0 Å². The van der Waals surface area contributed by atoms with Crippen LogP contribution in [0.1, 0.15) is 43.9 Å². The molecule has 0 saturated carbocycles. The zero-order valence-corrected chi connectivity index (χ0v) is 16.6. The van der Waals surface area contributed by atoms with E-state index in [2.05, 4.69) is 11.8 Å². The number of carbonyl (C=O) groups is 1. The number of benzene rings is 2. The fraction of sp³-hybridized carbons (Fsp3) is 0.435. The van der Waals surface area contributed by atoms with Gasteiger partial charge in [-0.15, -0.1) is 0 Å². The Kier molecular flexibility index (Phi) is 6.79. The van der Waals surface area contributed by atoms with Gasteiger partial charge in [0, 0.05) is 32.1 Å². The van der Waals surface area contributed by atoms with E-state index in [4.69, 9.17) is 0 Å². The molecule has 5 heteroatoms. The first kappa shape index (κ1) is 20.5. The molecule has 1 amide bonds.